The van der Waals surface area contributed by atoms with Crippen molar-refractivity contribution >= 4 is 46.0 Å². The fourth-order valence-corrected chi connectivity index (χ4v) is 3.30. The van der Waals surface area contributed by atoms with Gasteiger partial charge in [0.1, 0.15) is 11.6 Å². The van der Waals surface area contributed by atoms with Crippen molar-refractivity contribution < 1.29 is 4.79 Å². The Balaban J connectivity index is 1.60. The first-order valence-electron chi connectivity index (χ1n) is 9.89. The number of hydrogen-bond acceptors (Lipinski definition) is 4. The number of pyridine rings is 2. The molecule has 0 aliphatic rings. The molecule has 0 unspecified atom stereocenters. The minimum atomic E-state index is -0.182. The third kappa shape index (κ3) is 3.88. The highest BCUT2D eigenvalue weighted by molar-refractivity contribution is 6.58. The Kier molecular flexibility index (Phi) is 4.98. The van der Waals surface area contributed by atoms with Crippen LogP contribution in [0.4, 0.5) is 5.82 Å². The summed E-state index contributed by atoms with van der Waals surface area (Å²) in [7, 11) is 8.41. The van der Waals surface area contributed by atoms with Crippen LogP contribution >= 0.6 is 0 Å². The first-order valence-corrected chi connectivity index (χ1v) is 9.89. The molecule has 0 spiro atoms. The molecular formula is C21H22B3N5O. The number of amides is 1. The molecule has 0 aliphatic heterocycles. The van der Waals surface area contributed by atoms with Crippen molar-refractivity contribution in [3.05, 3.63) is 71.9 Å². The van der Waals surface area contributed by atoms with Crippen LogP contribution in [0.15, 0.2) is 55.0 Å². The van der Waals surface area contributed by atoms with Gasteiger partial charge in [-0.15, -0.1) is 0 Å². The average Bonchev–Trinajstić information content (AvgIpc) is 3.05. The predicted molar refractivity (Wildman–Crippen MR) is 128 cm³/mol. The highest BCUT2D eigenvalue weighted by Crippen LogP contribution is 2.24. The minimum absolute atomic E-state index is 0.0487. The summed E-state index contributed by atoms with van der Waals surface area (Å²) in [5.41, 5.74) is 3.56. The van der Waals surface area contributed by atoms with Gasteiger partial charge in [0.05, 0.1) is 41.1 Å². The molecule has 146 valence electrons. The number of fused-ring (bicyclic) bond motifs is 1. The normalized spacial score (nSPS) is 11.5. The van der Waals surface area contributed by atoms with Gasteiger partial charge in [-0.25, -0.2) is 9.97 Å². The molecule has 0 atom stereocenters. The van der Waals surface area contributed by atoms with Gasteiger partial charge in [0.15, 0.2) is 0 Å². The maximum absolute atomic E-state index is 12.7. The fraction of sp³-hybridized carbons (Fsp3) is 0.143. The van der Waals surface area contributed by atoms with E-state index < -0.39 is 0 Å². The molecule has 0 radical (unpaired) electrons. The van der Waals surface area contributed by atoms with Crippen LogP contribution in [0.25, 0.3) is 22.2 Å². The molecule has 4 aromatic rings. The first kappa shape index (κ1) is 19.9. The molecule has 3 heterocycles. The third-order valence-electron chi connectivity index (χ3n) is 5.34. The van der Waals surface area contributed by atoms with E-state index in [1.807, 2.05) is 61.1 Å². The van der Waals surface area contributed by atoms with E-state index >= 15 is 0 Å². The summed E-state index contributed by atoms with van der Waals surface area (Å²) in [6.45, 7) is 1.95. The summed E-state index contributed by atoms with van der Waals surface area (Å²) in [4.78, 5) is 25.9. The van der Waals surface area contributed by atoms with Gasteiger partial charge in [0.25, 0.3) is 5.91 Å². The van der Waals surface area contributed by atoms with Crippen molar-refractivity contribution in [3.63, 3.8) is 0 Å². The number of carbonyl (C=O) groups is 1. The second kappa shape index (κ2) is 7.48. The van der Waals surface area contributed by atoms with Crippen LogP contribution in [0.5, 0.6) is 0 Å². The summed E-state index contributed by atoms with van der Waals surface area (Å²) < 4.78 is 2.00. The van der Waals surface area contributed by atoms with Gasteiger partial charge in [-0.3, -0.25) is 9.78 Å². The van der Waals surface area contributed by atoms with Gasteiger partial charge in [0.2, 0.25) is 0 Å². The lowest BCUT2D eigenvalue weighted by atomic mass is 9.40. The standard InChI is InChI=1S/C21H22B3N5O/c1-12-25-11-18(29(12)2)17-7-14-8-19(27-10-15(14)9-26-17)28-20(30)13-3-5-16(6-4-13)21(22,23)24/h3-11H,22-24H2,1-2H3,(H,27,28,30). The number of rotatable bonds is 4. The van der Waals surface area contributed by atoms with Crippen molar-refractivity contribution in [1.29, 1.82) is 0 Å². The lowest BCUT2D eigenvalue weighted by Gasteiger charge is -2.18. The summed E-state index contributed by atoms with van der Waals surface area (Å²) in [5, 5.41) is 4.80. The van der Waals surface area contributed by atoms with Crippen LogP contribution in [-0.4, -0.2) is 49.0 Å². The second-order valence-electron chi connectivity index (χ2n) is 8.52. The van der Waals surface area contributed by atoms with E-state index in [0.717, 1.165) is 28.0 Å². The topological polar surface area (TPSA) is 72.7 Å². The Labute approximate surface area is 178 Å². The van der Waals surface area contributed by atoms with Crippen LogP contribution in [0, 0.1) is 6.92 Å². The number of carbonyl (C=O) groups excluding carboxylic acids is 1. The highest BCUT2D eigenvalue weighted by Gasteiger charge is 2.15. The quantitative estimate of drug-likeness (QED) is 0.516. The molecule has 0 saturated carbocycles. The number of hydrogen-bond donors (Lipinski definition) is 1. The van der Waals surface area contributed by atoms with E-state index in [0.29, 0.717) is 11.4 Å². The minimum Gasteiger partial charge on any atom is -0.330 e. The Morgan fingerprint density at radius 2 is 1.67 bits per heavy atom. The molecule has 1 aromatic carbocycles. The maximum Gasteiger partial charge on any atom is 0.256 e. The number of aromatic nitrogens is 4. The Bertz CT molecular complexity index is 1250. The molecule has 6 nitrogen and oxygen atoms in total. The van der Waals surface area contributed by atoms with Crippen molar-refractivity contribution in [2.24, 2.45) is 7.05 Å². The van der Waals surface area contributed by atoms with Crippen LogP contribution < -0.4 is 5.32 Å². The van der Waals surface area contributed by atoms with Crippen molar-refractivity contribution in [3.8, 4) is 11.4 Å². The summed E-state index contributed by atoms with van der Waals surface area (Å²) in [5.74, 6) is 1.25. The molecule has 1 amide bonds. The monoisotopic (exact) mass is 393 g/mol. The van der Waals surface area contributed by atoms with E-state index in [1.54, 1.807) is 12.4 Å². The molecule has 30 heavy (non-hydrogen) atoms. The highest BCUT2D eigenvalue weighted by atomic mass is 16.1. The van der Waals surface area contributed by atoms with E-state index in [1.165, 1.54) is 5.56 Å². The third-order valence-corrected chi connectivity index (χ3v) is 5.34. The van der Waals surface area contributed by atoms with Gasteiger partial charge < -0.3 is 9.88 Å². The maximum atomic E-state index is 12.7. The van der Waals surface area contributed by atoms with Crippen molar-refractivity contribution in [1.82, 2.24) is 19.5 Å². The van der Waals surface area contributed by atoms with Gasteiger partial charge in [-0.2, -0.15) is 0 Å². The molecule has 0 fully saturated rings. The van der Waals surface area contributed by atoms with E-state index in [-0.39, 0.29) is 11.0 Å². The first-order chi connectivity index (χ1) is 14.2. The number of nitrogens with one attached hydrogen (secondary N) is 1. The molecular weight excluding hydrogens is 371 g/mol. The van der Waals surface area contributed by atoms with E-state index in [2.05, 4.69) is 43.8 Å². The van der Waals surface area contributed by atoms with E-state index in [9.17, 15) is 4.79 Å². The smallest absolute Gasteiger partial charge is 0.256 e. The van der Waals surface area contributed by atoms with Crippen molar-refractivity contribution in [2.45, 2.75) is 12.0 Å². The molecule has 4 rings (SSSR count). The zero-order valence-electron chi connectivity index (χ0n) is 17.9. The molecule has 3 aromatic heterocycles. The van der Waals surface area contributed by atoms with Crippen LogP contribution in [0.2, 0.25) is 0 Å². The van der Waals surface area contributed by atoms with Gasteiger partial charge in [-0.1, -0.05) is 22.8 Å². The molecule has 1 N–H and O–H groups in total. The summed E-state index contributed by atoms with van der Waals surface area (Å²) >= 11 is 0. The molecule has 0 aliphatic carbocycles. The lowest BCUT2D eigenvalue weighted by molar-refractivity contribution is 0.102. The predicted octanol–water partition coefficient (Wildman–Crippen LogP) is 0.601. The Morgan fingerprint density at radius 3 is 2.30 bits per heavy atom. The van der Waals surface area contributed by atoms with Gasteiger partial charge in [0, 0.05) is 30.4 Å². The number of nitrogens with zero attached hydrogens (tertiary/aromatic N) is 4. The summed E-state index contributed by atoms with van der Waals surface area (Å²) in [6.07, 6.45) is 5.32. The molecule has 0 bridgehead atoms. The Morgan fingerprint density at radius 1 is 0.967 bits per heavy atom. The Hall–Kier alpha value is -3.35. The zero-order valence-corrected chi connectivity index (χ0v) is 17.9. The van der Waals surface area contributed by atoms with Crippen LogP contribution in [-0.2, 0) is 12.2 Å². The number of aryl methyl sites for hydroxylation is 1. The van der Waals surface area contributed by atoms with Crippen molar-refractivity contribution in [2.75, 3.05) is 5.32 Å². The van der Waals surface area contributed by atoms with Crippen LogP contribution in [0.1, 0.15) is 21.7 Å². The fourth-order valence-electron chi connectivity index (χ4n) is 3.30. The number of benzene rings is 1. The van der Waals surface area contributed by atoms with E-state index in [4.69, 9.17) is 0 Å². The average molecular weight is 393 g/mol. The molecule has 0 saturated heterocycles. The van der Waals surface area contributed by atoms with Gasteiger partial charge in [-0.05, 0) is 36.6 Å². The number of anilines is 1. The SMILES string of the molecule is BC(B)(B)c1ccc(C(=O)Nc2cc3cc(-c4cnc(C)n4C)ncc3cn2)cc1. The largest absolute Gasteiger partial charge is 0.330 e. The molecule has 9 heteroatoms. The second-order valence-corrected chi connectivity index (χ2v) is 8.52. The summed E-state index contributed by atoms with van der Waals surface area (Å²) in [6, 6.07) is 11.5. The number of imidazole rings is 1. The zero-order chi connectivity index (χ0) is 21.5. The van der Waals surface area contributed by atoms with Gasteiger partial charge >= 0.3 is 0 Å². The lowest BCUT2D eigenvalue weighted by Crippen LogP contribution is -2.27. The van der Waals surface area contributed by atoms with Crippen LogP contribution in [0.3, 0.4) is 0 Å².